The van der Waals surface area contributed by atoms with Crippen LogP contribution < -0.4 is 5.32 Å². The summed E-state index contributed by atoms with van der Waals surface area (Å²) in [5, 5.41) is 12.7. The predicted octanol–water partition coefficient (Wildman–Crippen LogP) is 3.07. The standard InChI is InChI=1S/C21H29N5OS/c1-16(20(27)22-18-10-11-18)28-21-24-23-19(15-25-12-6-3-7-13-25)26(21)14-17-8-4-2-5-9-17/h2,4-5,8-9,16,18H,3,6-7,10-15H2,1H3,(H,22,27)/t16-/m1/s1. The molecule has 6 nitrogen and oxygen atoms in total. The summed E-state index contributed by atoms with van der Waals surface area (Å²) in [4.78, 5) is 14.9. The molecule has 1 saturated carbocycles. The van der Waals surface area contributed by atoms with Crippen LogP contribution in [0.1, 0.15) is 50.4 Å². The van der Waals surface area contributed by atoms with Gasteiger partial charge in [-0.1, -0.05) is 48.5 Å². The highest BCUT2D eigenvalue weighted by Gasteiger charge is 2.27. The van der Waals surface area contributed by atoms with E-state index in [0.717, 1.165) is 50.0 Å². The Morgan fingerprint density at radius 2 is 1.89 bits per heavy atom. The number of nitrogens with zero attached hydrogens (tertiary/aromatic N) is 4. The van der Waals surface area contributed by atoms with E-state index in [-0.39, 0.29) is 11.2 Å². The van der Waals surface area contributed by atoms with E-state index in [2.05, 4.69) is 49.2 Å². The second kappa shape index (κ2) is 9.09. The molecule has 2 aromatic rings. The van der Waals surface area contributed by atoms with Crippen LogP contribution in [0.25, 0.3) is 0 Å². The molecule has 1 aliphatic carbocycles. The van der Waals surface area contributed by atoms with Crippen LogP contribution in [0.5, 0.6) is 0 Å². The van der Waals surface area contributed by atoms with Gasteiger partial charge >= 0.3 is 0 Å². The van der Waals surface area contributed by atoms with E-state index in [0.29, 0.717) is 6.04 Å². The maximum Gasteiger partial charge on any atom is 0.233 e. The maximum atomic E-state index is 12.4. The van der Waals surface area contributed by atoms with Crippen LogP contribution in [0.2, 0.25) is 0 Å². The molecular formula is C21H29N5OS. The highest BCUT2D eigenvalue weighted by molar-refractivity contribution is 8.00. The first-order valence-electron chi connectivity index (χ1n) is 10.3. The highest BCUT2D eigenvalue weighted by atomic mass is 32.2. The number of thioether (sulfide) groups is 1. The topological polar surface area (TPSA) is 63.1 Å². The molecule has 28 heavy (non-hydrogen) atoms. The first-order chi connectivity index (χ1) is 13.7. The average molecular weight is 400 g/mol. The van der Waals surface area contributed by atoms with Crippen LogP contribution in [-0.2, 0) is 17.9 Å². The number of aromatic nitrogens is 3. The van der Waals surface area contributed by atoms with Crippen molar-refractivity contribution in [1.29, 1.82) is 0 Å². The van der Waals surface area contributed by atoms with Crippen molar-refractivity contribution in [1.82, 2.24) is 25.0 Å². The summed E-state index contributed by atoms with van der Waals surface area (Å²) in [6.07, 6.45) is 6.04. The fourth-order valence-corrected chi connectivity index (χ4v) is 4.40. The lowest BCUT2D eigenvalue weighted by Gasteiger charge is -2.26. The molecular weight excluding hydrogens is 370 g/mol. The van der Waals surface area contributed by atoms with E-state index in [1.807, 2.05) is 13.0 Å². The number of carbonyl (C=O) groups excluding carboxylic acids is 1. The summed E-state index contributed by atoms with van der Waals surface area (Å²) in [6, 6.07) is 10.8. The number of likely N-dealkylation sites (tertiary alicyclic amines) is 1. The Hall–Kier alpha value is -1.86. The van der Waals surface area contributed by atoms with Gasteiger partial charge in [-0.25, -0.2) is 0 Å². The lowest BCUT2D eigenvalue weighted by Crippen LogP contribution is -2.32. The van der Waals surface area contributed by atoms with Gasteiger partial charge in [-0.05, 0) is 51.3 Å². The first-order valence-corrected chi connectivity index (χ1v) is 11.2. The Morgan fingerprint density at radius 1 is 1.14 bits per heavy atom. The Bertz CT molecular complexity index is 783. The van der Waals surface area contributed by atoms with Crippen LogP contribution >= 0.6 is 11.8 Å². The van der Waals surface area contributed by atoms with Crippen molar-refractivity contribution >= 4 is 17.7 Å². The molecule has 1 aromatic carbocycles. The molecule has 2 fully saturated rings. The highest BCUT2D eigenvalue weighted by Crippen LogP contribution is 2.26. The number of piperidine rings is 1. The number of benzene rings is 1. The zero-order valence-corrected chi connectivity index (χ0v) is 17.3. The molecule has 2 aliphatic rings. The molecule has 1 saturated heterocycles. The van der Waals surface area contributed by atoms with Gasteiger partial charge in [0.2, 0.25) is 5.91 Å². The molecule has 1 aromatic heterocycles. The molecule has 1 N–H and O–H groups in total. The minimum absolute atomic E-state index is 0.0966. The summed E-state index contributed by atoms with van der Waals surface area (Å²) >= 11 is 1.51. The number of hydrogen-bond donors (Lipinski definition) is 1. The van der Waals surface area contributed by atoms with E-state index in [9.17, 15) is 4.79 Å². The van der Waals surface area contributed by atoms with Crippen molar-refractivity contribution < 1.29 is 4.79 Å². The molecule has 0 spiro atoms. The third-order valence-corrected chi connectivity index (χ3v) is 6.45. The van der Waals surface area contributed by atoms with Crippen molar-refractivity contribution in [3.8, 4) is 0 Å². The summed E-state index contributed by atoms with van der Waals surface area (Å²) < 4.78 is 2.19. The lowest BCUT2D eigenvalue weighted by atomic mass is 10.1. The van der Waals surface area contributed by atoms with Gasteiger partial charge in [-0.3, -0.25) is 9.69 Å². The third kappa shape index (κ3) is 5.14. The molecule has 2 heterocycles. The van der Waals surface area contributed by atoms with E-state index in [1.54, 1.807) is 0 Å². The zero-order valence-electron chi connectivity index (χ0n) is 16.5. The smallest absolute Gasteiger partial charge is 0.233 e. The van der Waals surface area contributed by atoms with Crippen LogP contribution in [0.15, 0.2) is 35.5 Å². The average Bonchev–Trinajstić information content (AvgIpc) is 3.47. The van der Waals surface area contributed by atoms with Gasteiger partial charge in [-0.15, -0.1) is 10.2 Å². The zero-order chi connectivity index (χ0) is 19.3. The minimum atomic E-state index is -0.179. The summed E-state index contributed by atoms with van der Waals surface area (Å²) in [7, 11) is 0. The SMILES string of the molecule is C[C@@H](Sc1nnc(CN2CCCCC2)n1Cc1ccccc1)C(=O)NC1CC1. The van der Waals surface area contributed by atoms with E-state index in [4.69, 9.17) is 0 Å². The summed E-state index contributed by atoms with van der Waals surface area (Å²) in [5.74, 6) is 1.09. The maximum absolute atomic E-state index is 12.4. The fourth-order valence-electron chi connectivity index (χ4n) is 3.52. The van der Waals surface area contributed by atoms with Crippen LogP contribution in [0, 0.1) is 0 Å². The quantitative estimate of drug-likeness (QED) is 0.691. The van der Waals surface area contributed by atoms with Crippen molar-refractivity contribution in [2.75, 3.05) is 13.1 Å². The fraction of sp³-hybridized carbons (Fsp3) is 0.571. The van der Waals surface area contributed by atoms with Gasteiger partial charge < -0.3 is 9.88 Å². The molecule has 1 atom stereocenters. The van der Waals surface area contributed by atoms with E-state index < -0.39 is 0 Å². The summed E-state index contributed by atoms with van der Waals surface area (Å²) in [6.45, 7) is 5.76. The molecule has 0 unspecified atom stereocenters. The number of hydrogen-bond acceptors (Lipinski definition) is 5. The summed E-state index contributed by atoms with van der Waals surface area (Å²) in [5.41, 5.74) is 1.22. The molecule has 0 radical (unpaired) electrons. The number of carbonyl (C=O) groups is 1. The largest absolute Gasteiger partial charge is 0.352 e. The molecule has 0 bridgehead atoms. The number of amides is 1. The van der Waals surface area contributed by atoms with Gasteiger partial charge in [0, 0.05) is 6.04 Å². The third-order valence-electron chi connectivity index (χ3n) is 5.37. The lowest BCUT2D eigenvalue weighted by molar-refractivity contribution is -0.120. The van der Waals surface area contributed by atoms with Crippen LogP contribution in [0.3, 0.4) is 0 Å². The molecule has 150 valence electrons. The van der Waals surface area contributed by atoms with E-state index >= 15 is 0 Å². The Kier molecular flexibility index (Phi) is 6.32. The Morgan fingerprint density at radius 3 is 2.61 bits per heavy atom. The molecule has 1 amide bonds. The van der Waals surface area contributed by atoms with Gasteiger partial charge in [0.05, 0.1) is 18.3 Å². The first kappa shape index (κ1) is 19.5. The Balaban J connectivity index is 1.51. The van der Waals surface area contributed by atoms with E-state index in [1.165, 1.54) is 36.6 Å². The van der Waals surface area contributed by atoms with Crippen LogP contribution in [-0.4, -0.2) is 50.0 Å². The number of rotatable bonds is 8. The molecule has 1 aliphatic heterocycles. The minimum Gasteiger partial charge on any atom is -0.352 e. The molecule has 7 heteroatoms. The van der Waals surface area contributed by atoms with Crippen molar-refractivity contribution in [2.45, 2.75) is 68.6 Å². The van der Waals surface area contributed by atoms with Gasteiger partial charge in [-0.2, -0.15) is 0 Å². The Labute approximate surface area is 171 Å². The van der Waals surface area contributed by atoms with Crippen LogP contribution in [0.4, 0.5) is 0 Å². The second-order valence-electron chi connectivity index (χ2n) is 7.85. The van der Waals surface area contributed by atoms with Gasteiger partial charge in [0.25, 0.3) is 0 Å². The van der Waals surface area contributed by atoms with Gasteiger partial charge in [0.1, 0.15) is 5.82 Å². The second-order valence-corrected chi connectivity index (χ2v) is 9.16. The number of nitrogens with one attached hydrogen (secondary N) is 1. The van der Waals surface area contributed by atoms with Gasteiger partial charge in [0.15, 0.2) is 5.16 Å². The van der Waals surface area contributed by atoms with Crippen molar-refractivity contribution in [3.05, 3.63) is 41.7 Å². The monoisotopic (exact) mass is 399 g/mol. The normalized spacial score (nSPS) is 18.8. The van der Waals surface area contributed by atoms with Crippen molar-refractivity contribution in [3.63, 3.8) is 0 Å². The van der Waals surface area contributed by atoms with Crippen molar-refractivity contribution in [2.24, 2.45) is 0 Å². The molecule has 4 rings (SSSR count). The predicted molar refractivity (Wildman–Crippen MR) is 111 cm³/mol.